The Morgan fingerprint density at radius 3 is 2.64 bits per heavy atom. The van der Waals surface area contributed by atoms with Gasteiger partial charge in [0.25, 0.3) is 5.56 Å². The molecule has 0 bridgehead atoms. The van der Waals surface area contributed by atoms with E-state index >= 15 is 0 Å². The lowest BCUT2D eigenvalue weighted by Gasteiger charge is -2.24. The zero-order valence-electron chi connectivity index (χ0n) is 18.9. The molecule has 3 heterocycles. The molecule has 0 amide bonds. The molecule has 172 valence electrons. The average Bonchev–Trinajstić information content (AvgIpc) is 3.41. The summed E-state index contributed by atoms with van der Waals surface area (Å²) in [6, 6.07) is 8.62. The van der Waals surface area contributed by atoms with E-state index < -0.39 is 12.0 Å². The van der Waals surface area contributed by atoms with E-state index in [0.29, 0.717) is 37.7 Å². The predicted molar refractivity (Wildman–Crippen MR) is 129 cm³/mol. The first-order chi connectivity index (χ1) is 15.8. The number of rotatable bonds is 6. The molecule has 0 radical (unpaired) electrons. The first-order valence-electron chi connectivity index (χ1n) is 10.3. The van der Waals surface area contributed by atoms with Crippen LogP contribution in [0, 0.1) is 0 Å². The number of hydrogen-bond acceptors (Lipinski definition) is 8. The van der Waals surface area contributed by atoms with Crippen molar-refractivity contribution < 1.29 is 19.0 Å². The smallest absolute Gasteiger partial charge is 0.338 e. The van der Waals surface area contributed by atoms with E-state index in [1.54, 1.807) is 57.8 Å². The number of nitrogens with zero attached hydrogens (tertiary/aromatic N) is 2. The number of fused-ring (bicyclic) bond motifs is 1. The van der Waals surface area contributed by atoms with Crippen LogP contribution in [0.5, 0.6) is 11.5 Å². The Morgan fingerprint density at radius 2 is 2.00 bits per heavy atom. The lowest BCUT2D eigenvalue weighted by atomic mass is 10.0. The van der Waals surface area contributed by atoms with Crippen molar-refractivity contribution in [3.05, 3.63) is 77.1 Å². The summed E-state index contributed by atoms with van der Waals surface area (Å²) in [5, 5.41) is 1.92. The van der Waals surface area contributed by atoms with E-state index in [0.717, 1.165) is 4.88 Å². The van der Waals surface area contributed by atoms with E-state index in [2.05, 4.69) is 4.99 Å². The fourth-order valence-electron chi connectivity index (χ4n) is 3.67. The highest BCUT2D eigenvalue weighted by Crippen LogP contribution is 2.33. The summed E-state index contributed by atoms with van der Waals surface area (Å²) in [6.45, 7) is 5.37. The van der Waals surface area contributed by atoms with E-state index in [4.69, 9.17) is 14.2 Å². The molecular weight excluding hydrogens is 460 g/mol. The zero-order valence-corrected chi connectivity index (χ0v) is 20.6. The van der Waals surface area contributed by atoms with Crippen molar-refractivity contribution >= 4 is 34.7 Å². The highest BCUT2D eigenvalue weighted by molar-refractivity contribution is 7.10. The van der Waals surface area contributed by atoms with Crippen molar-refractivity contribution in [1.82, 2.24) is 4.57 Å². The van der Waals surface area contributed by atoms with E-state index in [-0.39, 0.29) is 11.7 Å². The van der Waals surface area contributed by atoms with Gasteiger partial charge in [-0.25, -0.2) is 9.79 Å². The highest BCUT2D eigenvalue weighted by atomic mass is 32.1. The summed E-state index contributed by atoms with van der Waals surface area (Å²) in [6.07, 6.45) is 1.48. The number of aromatic nitrogens is 1. The minimum absolute atomic E-state index is 0.232. The van der Waals surface area contributed by atoms with Crippen LogP contribution in [0.4, 0.5) is 0 Å². The van der Waals surface area contributed by atoms with Gasteiger partial charge in [-0.3, -0.25) is 9.36 Å². The van der Waals surface area contributed by atoms with Gasteiger partial charge >= 0.3 is 5.97 Å². The van der Waals surface area contributed by atoms with Crippen molar-refractivity contribution in [2.75, 3.05) is 14.2 Å². The molecule has 9 heteroatoms. The summed E-state index contributed by atoms with van der Waals surface area (Å²) in [7, 11) is 3.16. The van der Waals surface area contributed by atoms with Gasteiger partial charge in [0.15, 0.2) is 4.80 Å². The summed E-state index contributed by atoms with van der Waals surface area (Å²) < 4.78 is 18.3. The Bertz CT molecular complexity index is 1400. The number of esters is 1. The van der Waals surface area contributed by atoms with Crippen LogP contribution in [0.3, 0.4) is 0 Å². The SMILES string of the molecule is COc1ccc(OC)c(/C=c2/sc3n(c2=O)[C@H](c2cccs2)C(C(=O)OC(C)C)=C(C)N=3)c1. The summed E-state index contributed by atoms with van der Waals surface area (Å²) in [5.41, 5.74) is 1.41. The molecule has 3 aromatic rings. The van der Waals surface area contributed by atoms with Crippen molar-refractivity contribution in [1.29, 1.82) is 0 Å². The fourth-order valence-corrected chi connectivity index (χ4v) is 5.53. The largest absolute Gasteiger partial charge is 0.497 e. The summed E-state index contributed by atoms with van der Waals surface area (Å²) >= 11 is 2.75. The molecule has 1 aromatic carbocycles. The normalized spacial score (nSPS) is 15.9. The number of thiophene rings is 1. The quantitative estimate of drug-likeness (QED) is 0.502. The minimum atomic E-state index is -0.596. The molecule has 7 nitrogen and oxygen atoms in total. The molecular formula is C24H24N2O5S2. The van der Waals surface area contributed by atoms with Gasteiger partial charge in [0, 0.05) is 10.4 Å². The van der Waals surface area contributed by atoms with Crippen LogP contribution in [0.2, 0.25) is 0 Å². The Morgan fingerprint density at radius 1 is 1.21 bits per heavy atom. The van der Waals surface area contributed by atoms with Crippen LogP contribution in [-0.2, 0) is 9.53 Å². The lowest BCUT2D eigenvalue weighted by molar-refractivity contribution is -0.143. The number of carbonyl (C=O) groups excluding carboxylic acids is 1. The Balaban J connectivity index is 1.93. The van der Waals surface area contributed by atoms with Crippen LogP contribution >= 0.6 is 22.7 Å². The monoisotopic (exact) mass is 484 g/mol. The van der Waals surface area contributed by atoms with Gasteiger partial charge in [-0.15, -0.1) is 11.3 Å². The van der Waals surface area contributed by atoms with Gasteiger partial charge in [0.1, 0.15) is 17.5 Å². The maximum atomic E-state index is 13.6. The van der Waals surface area contributed by atoms with E-state index in [1.165, 1.54) is 22.7 Å². The third-order valence-corrected chi connectivity index (χ3v) is 7.03. The third-order valence-electron chi connectivity index (χ3n) is 5.12. The molecule has 0 N–H and O–H groups in total. The molecule has 1 atom stereocenters. The van der Waals surface area contributed by atoms with Crippen molar-refractivity contribution in [3.8, 4) is 11.5 Å². The first-order valence-corrected chi connectivity index (χ1v) is 12.0. The molecule has 0 saturated heterocycles. The molecule has 33 heavy (non-hydrogen) atoms. The second-order valence-electron chi connectivity index (χ2n) is 7.66. The van der Waals surface area contributed by atoms with Gasteiger partial charge in [0.05, 0.1) is 36.1 Å². The molecule has 0 aliphatic carbocycles. The van der Waals surface area contributed by atoms with E-state index in [9.17, 15) is 9.59 Å². The van der Waals surface area contributed by atoms with Crippen LogP contribution < -0.4 is 24.4 Å². The molecule has 0 fully saturated rings. The highest BCUT2D eigenvalue weighted by Gasteiger charge is 2.34. The standard InChI is InChI=1S/C24H24N2O5S2/c1-13(2)31-23(28)20-14(3)25-24-26(21(20)18-7-6-10-32-18)22(27)19(33-24)12-15-11-16(29-4)8-9-17(15)30-5/h6-13,21H,1-5H3/b19-12+/t21-/m1/s1. The predicted octanol–water partition coefficient (Wildman–Crippen LogP) is 3.27. The third kappa shape index (κ3) is 4.38. The Labute approximate surface area is 198 Å². The number of ether oxygens (including phenoxy) is 3. The molecule has 0 unspecified atom stereocenters. The van der Waals surface area contributed by atoms with Gasteiger partial charge in [-0.05, 0) is 56.5 Å². The van der Waals surface area contributed by atoms with Crippen LogP contribution in [0.25, 0.3) is 6.08 Å². The number of methoxy groups -OCH3 is 2. The number of allylic oxidation sites excluding steroid dienone is 1. The summed E-state index contributed by atoms with van der Waals surface area (Å²) in [5.74, 6) is 0.808. The minimum Gasteiger partial charge on any atom is -0.497 e. The Kier molecular flexibility index (Phi) is 6.53. The number of hydrogen-bond donors (Lipinski definition) is 0. The second kappa shape index (κ2) is 9.36. The van der Waals surface area contributed by atoms with Crippen LogP contribution in [0.1, 0.15) is 37.3 Å². The molecule has 0 saturated carbocycles. The lowest BCUT2D eigenvalue weighted by Crippen LogP contribution is -2.39. The van der Waals surface area contributed by atoms with Crippen molar-refractivity contribution in [2.24, 2.45) is 4.99 Å². The maximum Gasteiger partial charge on any atom is 0.338 e. The number of thiazole rings is 1. The topological polar surface area (TPSA) is 79.1 Å². The number of carbonyl (C=O) groups is 1. The van der Waals surface area contributed by atoms with Crippen LogP contribution in [0.15, 0.2) is 56.8 Å². The van der Waals surface area contributed by atoms with E-state index in [1.807, 2.05) is 23.6 Å². The number of benzene rings is 1. The van der Waals surface area contributed by atoms with Gasteiger partial charge in [-0.1, -0.05) is 17.4 Å². The zero-order chi connectivity index (χ0) is 23.7. The molecule has 1 aliphatic rings. The Hall–Kier alpha value is -3.17. The fraction of sp³-hybridized carbons (Fsp3) is 0.292. The van der Waals surface area contributed by atoms with Gasteiger partial charge < -0.3 is 14.2 Å². The molecule has 1 aliphatic heterocycles. The second-order valence-corrected chi connectivity index (χ2v) is 9.65. The molecule has 0 spiro atoms. The summed E-state index contributed by atoms with van der Waals surface area (Å²) in [4.78, 5) is 32.6. The van der Waals surface area contributed by atoms with Crippen molar-refractivity contribution in [3.63, 3.8) is 0 Å². The molecule has 4 rings (SSSR count). The average molecular weight is 485 g/mol. The van der Waals surface area contributed by atoms with Crippen LogP contribution in [-0.4, -0.2) is 30.9 Å². The van der Waals surface area contributed by atoms with Gasteiger partial charge in [0.2, 0.25) is 0 Å². The molecule has 2 aromatic heterocycles. The first kappa shape index (κ1) is 23.0. The van der Waals surface area contributed by atoms with Crippen molar-refractivity contribution in [2.45, 2.75) is 32.9 Å². The van der Waals surface area contributed by atoms with Gasteiger partial charge in [-0.2, -0.15) is 0 Å². The maximum absolute atomic E-state index is 13.6.